The van der Waals surface area contributed by atoms with Gasteiger partial charge in [-0.25, -0.2) is 0 Å². The van der Waals surface area contributed by atoms with Gasteiger partial charge in [-0.2, -0.15) is 0 Å². The highest BCUT2D eigenvalue weighted by Gasteiger charge is 2.34. The van der Waals surface area contributed by atoms with Gasteiger partial charge in [0, 0.05) is 34.7 Å². The zero-order valence-electron chi connectivity index (χ0n) is 18.4. The first-order chi connectivity index (χ1) is 16.5. The van der Waals surface area contributed by atoms with E-state index >= 15 is 0 Å². The lowest BCUT2D eigenvalue weighted by Crippen LogP contribution is -2.49. The Hall–Kier alpha value is -3.65. The molecule has 1 aliphatic carbocycles. The first-order valence-corrected chi connectivity index (χ1v) is 11.5. The highest BCUT2D eigenvalue weighted by Crippen LogP contribution is 2.30. The summed E-state index contributed by atoms with van der Waals surface area (Å²) in [5.74, 6) is -1.21. The van der Waals surface area contributed by atoms with Gasteiger partial charge >= 0.3 is 0 Å². The molecule has 0 aliphatic heterocycles. The molecule has 3 aromatic rings. The average molecular weight is 481 g/mol. The van der Waals surface area contributed by atoms with Crippen LogP contribution in [0.3, 0.4) is 0 Å². The number of rotatable bonds is 8. The third-order valence-electron chi connectivity index (χ3n) is 5.73. The lowest BCUT2D eigenvalue weighted by atomic mass is 10.0. The SMILES string of the molecule is O=C(NCC(=O)N(c1ccc(Cl)cc1)[C@@H](C(=O)NC1CCCC1)c1cccnc1)c1ccco1. The normalized spacial score (nSPS) is 14.4. The highest BCUT2D eigenvalue weighted by atomic mass is 35.5. The number of aromatic nitrogens is 1. The minimum Gasteiger partial charge on any atom is -0.459 e. The minimum atomic E-state index is -0.983. The van der Waals surface area contributed by atoms with E-state index in [1.54, 1.807) is 54.9 Å². The predicted octanol–water partition coefficient (Wildman–Crippen LogP) is 3.89. The second-order valence-electron chi connectivity index (χ2n) is 8.08. The van der Waals surface area contributed by atoms with Crippen LogP contribution in [-0.4, -0.2) is 35.3 Å². The summed E-state index contributed by atoms with van der Waals surface area (Å²) in [6, 6.07) is 12.3. The molecule has 0 unspecified atom stereocenters. The molecule has 4 rings (SSSR count). The van der Waals surface area contributed by atoms with Crippen LogP contribution in [0.1, 0.15) is 47.8 Å². The zero-order chi connectivity index (χ0) is 23.9. The van der Waals surface area contributed by atoms with Gasteiger partial charge in [0.25, 0.3) is 5.91 Å². The number of carbonyl (C=O) groups is 3. The fourth-order valence-corrected chi connectivity index (χ4v) is 4.21. The summed E-state index contributed by atoms with van der Waals surface area (Å²) in [7, 11) is 0. The van der Waals surface area contributed by atoms with Crippen molar-refractivity contribution in [3.63, 3.8) is 0 Å². The topological polar surface area (TPSA) is 105 Å². The molecular formula is C25H25ClN4O4. The molecule has 3 amide bonds. The molecule has 0 spiro atoms. The van der Waals surface area contributed by atoms with Crippen LogP contribution in [0.25, 0.3) is 0 Å². The number of pyridine rings is 1. The van der Waals surface area contributed by atoms with Gasteiger partial charge in [0.05, 0.1) is 12.8 Å². The molecule has 8 nitrogen and oxygen atoms in total. The Balaban J connectivity index is 1.65. The Morgan fingerprint density at radius 1 is 1.09 bits per heavy atom. The number of amides is 3. The number of hydrogen-bond acceptors (Lipinski definition) is 5. The van der Waals surface area contributed by atoms with E-state index in [9.17, 15) is 14.4 Å². The second-order valence-corrected chi connectivity index (χ2v) is 8.52. The summed E-state index contributed by atoms with van der Waals surface area (Å²) in [5.41, 5.74) is 1.02. The van der Waals surface area contributed by atoms with Crippen LogP contribution in [0.15, 0.2) is 71.6 Å². The van der Waals surface area contributed by atoms with Crippen molar-refractivity contribution in [2.45, 2.75) is 37.8 Å². The molecule has 176 valence electrons. The standard InChI is InChI=1S/C25H25ClN4O4/c26-18-9-11-20(12-10-18)30(22(31)16-28-24(32)21-8-4-14-34-21)23(17-5-3-13-27-15-17)25(33)29-19-6-1-2-7-19/h3-5,8-15,19,23H,1-2,6-7,16H2,(H,28,32)(H,29,33)/t23-/m1/s1. The molecule has 1 aromatic carbocycles. The van der Waals surface area contributed by atoms with Crippen molar-refractivity contribution in [2.24, 2.45) is 0 Å². The number of halogens is 1. The number of benzene rings is 1. The average Bonchev–Trinajstić information content (AvgIpc) is 3.57. The summed E-state index contributed by atoms with van der Waals surface area (Å²) in [4.78, 5) is 44.9. The van der Waals surface area contributed by atoms with E-state index in [4.69, 9.17) is 16.0 Å². The largest absolute Gasteiger partial charge is 0.459 e. The molecule has 1 saturated carbocycles. The molecule has 0 saturated heterocycles. The number of nitrogens with zero attached hydrogens (tertiary/aromatic N) is 2. The van der Waals surface area contributed by atoms with E-state index in [1.807, 2.05) is 0 Å². The van der Waals surface area contributed by atoms with Crippen LogP contribution in [-0.2, 0) is 9.59 Å². The Morgan fingerprint density at radius 3 is 2.50 bits per heavy atom. The van der Waals surface area contributed by atoms with E-state index in [-0.39, 0.29) is 24.3 Å². The Kier molecular flexibility index (Phi) is 7.59. The summed E-state index contributed by atoms with van der Waals surface area (Å²) in [6.07, 6.45) is 8.47. The fraction of sp³-hybridized carbons (Fsp3) is 0.280. The maximum atomic E-state index is 13.5. The van der Waals surface area contributed by atoms with Gasteiger partial charge in [-0.1, -0.05) is 30.5 Å². The number of furan rings is 1. The van der Waals surface area contributed by atoms with Crippen molar-refractivity contribution in [3.05, 3.63) is 83.5 Å². The third kappa shape index (κ3) is 5.63. The molecule has 0 bridgehead atoms. The predicted molar refractivity (Wildman–Crippen MR) is 127 cm³/mol. The molecule has 0 radical (unpaired) electrons. The zero-order valence-corrected chi connectivity index (χ0v) is 19.2. The first-order valence-electron chi connectivity index (χ1n) is 11.1. The lowest BCUT2D eigenvalue weighted by Gasteiger charge is -2.32. The monoisotopic (exact) mass is 480 g/mol. The highest BCUT2D eigenvalue weighted by molar-refractivity contribution is 6.30. The number of carbonyl (C=O) groups excluding carboxylic acids is 3. The molecule has 34 heavy (non-hydrogen) atoms. The molecule has 1 fully saturated rings. The first kappa shape index (κ1) is 23.5. The fourth-order valence-electron chi connectivity index (χ4n) is 4.08. The van der Waals surface area contributed by atoms with Gasteiger partial charge in [0.1, 0.15) is 6.04 Å². The van der Waals surface area contributed by atoms with E-state index in [0.717, 1.165) is 25.7 Å². The number of nitrogens with one attached hydrogen (secondary N) is 2. The summed E-state index contributed by atoms with van der Waals surface area (Å²) >= 11 is 6.07. The van der Waals surface area contributed by atoms with Gasteiger partial charge in [0.15, 0.2) is 5.76 Å². The number of hydrogen-bond donors (Lipinski definition) is 2. The maximum absolute atomic E-state index is 13.5. The van der Waals surface area contributed by atoms with Gasteiger partial charge < -0.3 is 15.1 Å². The van der Waals surface area contributed by atoms with Crippen molar-refractivity contribution in [3.8, 4) is 0 Å². The van der Waals surface area contributed by atoms with Gasteiger partial charge in [-0.05, 0) is 55.3 Å². The van der Waals surface area contributed by atoms with Gasteiger partial charge in [0.2, 0.25) is 11.8 Å². The smallest absolute Gasteiger partial charge is 0.287 e. The molecule has 9 heteroatoms. The molecule has 2 aromatic heterocycles. The summed E-state index contributed by atoms with van der Waals surface area (Å²) in [5, 5.41) is 6.16. The minimum absolute atomic E-state index is 0.0625. The maximum Gasteiger partial charge on any atom is 0.287 e. The Morgan fingerprint density at radius 2 is 1.85 bits per heavy atom. The van der Waals surface area contributed by atoms with E-state index < -0.39 is 17.9 Å². The van der Waals surface area contributed by atoms with Crippen molar-refractivity contribution in [1.82, 2.24) is 15.6 Å². The Labute approximate surface area is 202 Å². The van der Waals surface area contributed by atoms with Crippen LogP contribution in [0.5, 0.6) is 0 Å². The molecule has 2 heterocycles. The van der Waals surface area contributed by atoms with Crippen molar-refractivity contribution in [2.75, 3.05) is 11.4 Å². The lowest BCUT2D eigenvalue weighted by molar-refractivity contribution is -0.126. The van der Waals surface area contributed by atoms with Gasteiger partial charge in [-0.15, -0.1) is 0 Å². The quantitative estimate of drug-likeness (QED) is 0.509. The van der Waals surface area contributed by atoms with E-state index in [2.05, 4.69) is 15.6 Å². The molecule has 1 atom stereocenters. The van der Waals surface area contributed by atoms with Crippen molar-refractivity contribution in [1.29, 1.82) is 0 Å². The van der Waals surface area contributed by atoms with E-state index in [1.165, 1.54) is 17.2 Å². The summed E-state index contributed by atoms with van der Waals surface area (Å²) < 4.78 is 5.09. The second kappa shape index (κ2) is 11.0. The van der Waals surface area contributed by atoms with Crippen LogP contribution in [0, 0.1) is 0 Å². The third-order valence-corrected chi connectivity index (χ3v) is 5.98. The van der Waals surface area contributed by atoms with Crippen molar-refractivity contribution >= 4 is 35.0 Å². The van der Waals surface area contributed by atoms with Crippen LogP contribution in [0.2, 0.25) is 5.02 Å². The number of anilines is 1. The van der Waals surface area contributed by atoms with Crippen LogP contribution < -0.4 is 15.5 Å². The Bertz CT molecular complexity index is 1110. The molecule has 2 N–H and O–H groups in total. The van der Waals surface area contributed by atoms with Crippen LogP contribution in [0.4, 0.5) is 5.69 Å². The molecule has 1 aliphatic rings. The summed E-state index contributed by atoms with van der Waals surface area (Å²) in [6.45, 7) is -0.338. The van der Waals surface area contributed by atoms with Crippen molar-refractivity contribution < 1.29 is 18.8 Å². The van der Waals surface area contributed by atoms with Gasteiger partial charge in [-0.3, -0.25) is 24.3 Å². The van der Waals surface area contributed by atoms with E-state index in [0.29, 0.717) is 16.3 Å². The molecular weight excluding hydrogens is 456 g/mol. The van der Waals surface area contributed by atoms with Crippen LogP contribution >= 0.6 is 11.6 Å².